The molecule has 10 nitrogen and oxygen atoms in total. The summed E-state index contributed by atoms with van der Waals surface area (Å²) >= 11 is 0. The largest absolute Gasteiger partial charge is 0.378 e. The van der Waals surface area contributed by atoms with E-state index in [1.807, 2.05) is 67.0 Å². The molecule has 5 heterocycles. The summed E-state index contributed by atoms with van der Waals surface area (Å²) in [5, 5.41) is 3.94. The predicted molar refractivity (Wildman–Crippen MR) is 151 cm³/mol. The molecule has 6 rings (SSSR count). The number of nitrogens with one attached hydrogen (secondary N) is 2. The van der Waals surface area contributed by atoms with Crippen molar-refractivity contribution in [2.45, 2.75) is 45.3 Å². The van der Waals surface area contributed by atoms with E-state index in [-0.39, 0.29) is 29.8 Å². The second kappa shape index (κ2) is 10.2. The normalized spacial score (nSPS) is 21.6. The van der Waals surface area contributed by atoms with Gasteiger partial charge < -0.3 is 29.7 Å². The van der Waals surface area contributed by atoms with Crippen LogP contribution in [-0.4, -0.2) is 95.0 Å². The lowest BCUT2D eigenvalue weighted by Crippen LogP contribution is -2.59. The van der Waals surface area contributed by atoms with Gasteiger partial charge in [-0.25, -0.2) is 0 Å². The van der Waals surface area contributed by atoms with Crippen molar-refractivity contribution in [2.75, 3.05) is 44.3 Å². The molecule has 0 saturated carbocycles. The minimum atomic E-state index is -0.707. The molecule has 3 unspecified atom stereocenters. The maximum Gasteiger partial charge on any atom is 0.272 e. The number of carbonyl (C=O) groups is 3. The summed E-state index contributed by atoms with van der Waals surface area (Å²) < 4.78 is 5.45. The number of fused-ring (bicyclic) bond motifs is 3. The summed E-state index contributed by atoms with van der Waals surface area (Å²) in [4.78, 5) is 54.0. The first-order chi connectivity index (χ1) is 19.2. The Bertz CT molecular complexity index is 1410. The maximum atomic E-state index is 13.9. The molecule has 1 aromatic carbocycles. The van der Waals surface area contributed by atoms with E-state index in [0.29, 0.717) is 37.7 Å². The molecule has 3 aliphatic heterocycles. The van der Waals surface area contributed by atoms with Crippen LogP contribution in [0.25, 0.3) is 10.9 Å². The van der Waals surface area contributed by atoms with Crippen molar-refractivity contribution in [3.8, 4) is 0 Å². The van der Waals surface area contributed by atoms with Crippen LogP contribution in [-0.2, 0) is 9.53 Å². The Labute approximate surface area is 233 Å². The average Bonchev–Trinajstić information content (AvgIpc) is 3.69. The number of morpholine rings is 1. The van der Waals surface area contributed by atoms with Crippen LogP contribution in [0.3, 0.4) is 0 Å². The van der Waals surface area contributed by atoms with Crippen LogP contribution in [0.1, 0.15) is 48.2 Å². The molecular formula is C30H36N6O4. The number of anilines is 1. The topological polar surface area (TPSA) is 111 Å². The first-order valence-corrected chi connectivity index (χ1v) is 14.0. The Hall–Kier alpha value is -3.92. The van der Waals surface area contributed by atoms with Crippen molar-refractivity contribution in [2.24, 2.45) is 5.41 Å². The molecule has 3 aliphatic rings. The number of piperazine rings is 1. The van der Waals surface area contributed by atoms with Gasteiger partial charge in [-0.1, -0.05) is 39.0 Å². The van der Waals surface area contributed by atoms with Gasteiger partial charge in [0.05, 0.1) is 25.3 Å². The SMILES string of the molecule is CC(C)(C)C(NC(=O)c1cc2ccccc2[nH]1)C(=O)N1CC2CC1CN2C(=O)c1cc(N2CCOCC2)ccn1. The van der Waals surface area contributed by atoms with Crippen molar-refractivity contribution in [1.29, 1.82) is 0 Å². The third-order valence-corrected chi connectivity index (χ3v) is 8.29. The van der Waals surface area contributed by atoms with Crippen molar-refractivity contribution >= 4 is 34.3 Å². The molecule has 0 spiro atoms. The molecule has 0 aliphatic carbocycles. The summed E-state index contributed by atoms with van der Waals surface area (Å²) in [7, 11) is 0. The molecule has 0 radical (unpaired) electrons. The van der Waals surface area contributed by atoms with Gasteiger partial charge in [-0.3, -0.25) is 19.4 Å². The van der Waals surface area contributed by atoms with E-state index >= 15 is 0 Å². The zero-order valence-corrected chi connectivity index (χ0v) is 23.2. The van der Waals surface area contributed by atoms with Crippen molar-refractivity contribution in [3.05, 3.63) is 60.0 Å². The van der Waals surface area contributed by atoms with E-state index in [4.69, 9.17) is 4.74 Å². The Balaban J connectivity index is 1.13. The minimum absolute atomic E-state index is 0.0691. The molecular weight excluding hydrogens is 508 g/mol. The summed E-state index contributed by atoms with van der Waals surface area (Å²) in [5.74, 6) is -0.518. The van der Waals surface area contributed by atoms with Crippen LogP contribution in [0.4, 0.5) is 5.69 Å². The standard InChI is InChI=1S/C30H36N6O4/c1-30(2,3)26(33-27(37)24-14-19-6-4-5-7-23(19)32-24)29(39)36-18-21-15-22(36)17-35(21)28(38)25-16-20(8-9-31-25)34-10-12-40-13-11-34/h4-9,14,16,21-22,26,32H,10-13,15,17-18H2,1-3H3,(H,33,37). The Morgan fingerprint density at radius 3 is 2.45 bits per heavy atom. The fourth-order valence-electron chi connectivity index (χ4n) is 6.11. The number of aromatic nitrogens is 2. The number of carbonyl (C=O) groups excluding carboxylic acids is 3. The van der Waals surface area contributed by atoms with Gasteiger partial charge in [0, 0.05) is 49.0 Å². The van der Waals surface area contributed by atoms with Crippen LogP contribution in [0.15, 0.2) is 48.7 Å². The number of hydrogen-bond donors (Lipinski definition) is 2. The van der Waals surface area contributed by atoms with Gasteiger partial charge in [0.2, 0.25) is 5.91 Å². The predicted octanol–water partition coefficient (Wildman–Crippen LogP) is 2.67. The van der Waals surface area contributed by atoms with E-state index in [1.54, 1.807) is 12.3 Å². The number of H-pyrrole nitrogens is 1. The van der Waals surface area contributed by atoms with E-state index in [1.165, 1.54) is 0 Å². The van der Waals surface area contributed by atoms with Crippen LogP contribution < -0.4 is 10.2 Å². The molecule has 2 N–H and O–H groups in total. The second-order valence-electron chi connectivity index (χ2n) is 12.0. The zero-order valence-electron chi connectivity index (χ0n) is 23.2. The summed E-state index contributed by atoms with van der Waals surface area (Å²) in [6.07, 6.45) is 2.42. The number of amides is 3. The van der Waals surface area contributed by atoms with Gasteiger partial charge in [0.1, 0.15) is 17.4 Å². The minimum Gasteiger partial charge on any atom is -0.378 e. The van der Waals surface area contributed by atoms with Crippen molar-refractivity contribution < 1.29 is 19.1 Å². The van der Waals surface area contributed by atoms with Crippen molar-refractivity contribution in [1.82, 2.24) is 25.1 Å². The van der Waals surface area contributed by atoms with E-state index in [9.17, 15) is 14.4 Å². The van der Waals surface area contributed by atoms with E-state index in [2.05, 4.69) is 20.2 Å². The van der Waals surface area contributed by atoms with Crippen molar-refractivity contribution in [3.63, 3.8) is 0 Å². The highest BCUT2D eigenvalue weighted by Crippen LogP contribution is 2.34. The first-order valence-electron chi connectivity index (χ1n) is 14.0. The third kappa shape index (κ3) is 4.92. The smallest absolute Gasteiger partial charge is 0.272 e. The third-order valence-electron chi connectivity index (χ3n) is 8.29. The second-order valence-corrected chi connectivity index (χ2v) is 12.0. The number of benzene rings is 1. The molecule has 3 saturated heterocycles. The van der Waals surface area contributed by atoms with Gasteiger partial charge in [-0.05, 0) is 36.1 Å². The number of nitrogens with zero attached hydrogens (tertiary/aromatic N) is 4. The Morgan fingerprint density at radius 1 is 1.02 bits per heavy atom. The van der Waals surface area contributed by atoms with Crippen LogP contribution in [0.2, 0.25) is 0 Å². The molecule has 2 bridgehead atoms. The molecule has 40 heavy (non-hydrogen) atoms. The molecule has 2 aromatic heterocycles. The van der Waals surface area contributed by atoms with E-state index < -0.39 is 11.5 Å². The number of likely N-dealkylation sites (tertiary alicyclic amines) is 2. The van der Waals surface area contributed by atoms with Gasteiger partial charge in [0.25, 0.3) is 11.8 Å². The number of rotatable bonds is 5. The lowest BCUT2D eigenvalue weighted by molar-refractivity contribution is -0.138. The molecule has 210 valence electrons. The van der Waals surface area contributed by atoms with Crippen LogP contribution in [0, 0.1) is 5.41 Å². The molecule has 3 fully saturated rings. The quantitative estimate of drug-likeness (QED) is 0.511. The number of para-hydroxylation sites is 1. The number of hydrogen-bond acceptors (Lipinski definition) is 6. The van der Waals surface area contributed by atoms with Gasteiger partial charge in [-0.2, -0.15) is 0 Å². The summed E-state index contributed by atoms with van der Waals surface area (Å²) in [5.41, 5.74) is 2.20. The van der Waals surface area contributed by atoms with E-state index in [0.717, 1.165) is 36.1 Å². The van der Waals surface area contributed by atoms with Crippen LogP contribution in [0.5, 0.6) is 0 Å². The number of pyridine rings is 1. The maximum absolute atomic E-state index is 13.9. The highest BCUT2D eigenvalue weighted by Gasteiger charge is 2.50. The fraction of sp³-hybridized carbons (Fsp3) is 0.467. The Kier molecular flexibility index (Phi) is 6.74. The average molecular weight is 545 g/mol. The lowest BCUT2D eigenvalue weighted by Gasteiger charge is -2.39. The first kappa shape index (κ1) is 26.3. The fourth-order valence-corrected chi connectivity index (χ4v) is 6.11. The Morgan fingerprint density at radius 2 is 1.75 bits per heavy atom. The molecule has 3 amide bonds. The zero-order chi connectivity index (χ0) is 28.0. The highest BCUT2D eigenvalue weighted by atomic mass is 16.5. The summed E-state index contributed by atoms with van der Waals surface area (Å²) in [6.45, 7) is 9.70. The monoisotopic (exact) mass is 544 g/mol. The molecule has 3 aromatic rings. The molecule has 10 heteroatoms. The highest BCUT2D eigenvalue weighted by molar-refractivity contribution is 6.00. The van der Waals surface area contributed by atoms with Crippen LogP contribution >= 0.6 is 0 Å². The van der Waals surface area contributed by atoms with Gasteiger partial charge >= 0.3 is 0 Å². The van der Waals surface area contributed by atoms with Gasteiger partial charge in [0.15, 0.2) is 0 Å². The lowest BCUT2D eigenvalue weighted by atomic mass is 9.85. The number of ether oxygens (including phenoxy) is 1. The number of aromatic amines is 1. The summed E-state index contributed by atoms with van der Waals surface area (Å²) in [6, 6.07) is 12.4. The molecule has 3 atom stereocenters. The van der Waals surface area contributed by atoms with Gasteiger partial charge in [-0.15, -0.1) is 0 Å².